The molecular weight excluding hydrogens is 166 g/mol. The van der Waals surface area contributed by atoms with E-state index in [1.54, 1.807) is 7.05 Å². The molecule has 0 amide bonds. The molecule has 3 nitrogen and oxygen atoms in total. The highest BCUT2D eigenvalue weighted by molar-refractivity contribution is 5.73. The summed E-state index contributed by atoms with van der Waals surface area (Å²) in [5.74, 6) is -0.362. The zero-order chi connectivity index (χ0) is 9.68. The summed E-state index contributed by atoms with van der Waals surface area (Å²) in [6, 6.07) is -0.335. The van der Waals surface area contributed by atoms with E-state index in [0.29, 0.717) is 5.92 Å². The van der Waals surface area contributed by atoms with Crippen LogP contribution in [0.3, 0.4) is 0 Å². The van der Waals surface area contributed by atoms with Crippen LogP contribution in [0.1, 0.15) is 38.5 Å². The van der Waals surface area contributed by atoms with E-state index in [4.69, 9.17) is 5.11 Å². The number of likely N-dealkylation sites (N-methyl/N-ethyl adjacent to an activating group) is 1. The average Bonchev–Trinajstić information content (AvgIpc) is 2.33. The van der Waals surface area contributed by atoms with E-state index in [2.05, 4.69) is 5.32 Å². The highest BCUT2D eigenvalue weighted by Gasteiger charge is 2.26. The molecule has 76 valence electrons. The van der Waals surface area contributed by atoms with Gasteiger partial charge in [-0.3, -0.25) is 4.79 Å². The molecule has 1 atom stereocenters. The molecule has 0 bridgehead atoms. The largest absolute Gasteiger partial charge is 0.480 e. The first-order chi connectivity index (χ1) is 6.25. The van der Waals surface area contributed by atoms with Crippen molar-refractivity contribution in [3.05, 3.63) is 0 Å². The maximum atomic E-state index is 10.9. The molecule has 1 saturated carbocycles. The first-order valence-corrected chi connectivity index (χ1v) is 5.15. The smallest absolute Gasteiger partial charge is 0.320 e. The average molecular weight is 185 g/mol. The highest BCUT2D eigenvalue weighted by Crippen LogP contribution is 2.25. The van der Waals surface area contributed by atoms with Gasteiger partial charge in [-0.15, -0.1) is 0 Å². The minimum atomic E-state index is -0.700. The van der Waals surface area contributed by atoms with Crippen molar-refractivity contribution in [1.29, 1.82) is 0 Å². The van der Waals surface area contributed by atoms with Crippen LogP contribution in [0.25, 0.3) is 0 Å². The summed E-state index contributed by atoms with van der Waals surface area (Å²) in [5, 5.41) is 11.9. The summed E-state index contributed by atoms with van der Waals surface area (Å²) in [6.45, 7) is 0. The number of nitrogens with one attached hydrogen (secondary N) is 1. The molecule has 0 spiro atoms. The van der Waals surface area contributed by atoms with E-state index < -0.39 is 5.97 Å². The van der Waals surface area contributed by atoms with Crippen molar-refractivity contribution in [3.8, 4) is 0 Å². The van der Waals surface area contributed by atoms with Crippen LogP contribution < -0.4 is 5.32 Å². The minimum absolute atomic E-state index is 0.335. The Balaban J connectivity index is 2.50. The second kappa shape index (κ2) is 5.22. The van der Waals surface area contributed by atoms with Crippen molar-refractivity contribution in [2.24, 2.45) is 5.92 Å². The Labute approximate surface area is 79.5 Å². The van der Waals surface area contributed by atoms with Gasteiger partial charge in [-0.05, 0) is 25.8 Å². The van der Waals surface area contributed by atoms with E-state index >= 15 is 0 Å². The normalized spacial score (nSPS) is 22.2. The molecule has 1 fully saturated rings. The molecule has 2 N–H and O–H groups in total. The van der Waals surface area contributed by atoms with Gasteiger partial charge in [-0.2, -0.15) is 0 Å². The summed E-state index contributed by atoms with van der Waals surface area (Å²) in [7, 11) is 1.74. The van der Waals surface area contributed by atoms with Crippen LogP contribution in [-0.2, 0) is 4.79 Å². The predicted molar refractivity (Wildman–Crippen MR) is 51.7 cm³/mol. The van der Waals surface area contributed by atoms with E-state index in [1.165, 1.54) is 25.7 Å². The number of hydrogen-bond acceptors (Lipinski definition) is 2. The minimum Gasteiger partial charge on any atom is -0.480 e. The van der Waals surface area contributed by atoms with Gasteiger partial charge in [0.05, 0.1) is 0 Å². The molecule has 3 heteroatoms. The first kappa shape index (κ1) is 10.5. The van der Waals surface area contributed by atoms with Gasteiger partial charge in [-0.25, -0.2) is 0 Å². The van der Waals surface area contributed by atoms with Gasteiger partial charge < -0.3 is 10.4 Å². The Morgan fingerprint density at radius 1 is 1.31 bits per heavy atom. The second-order valence-electron chi connectivity index (χ2n) is 3.86. The molecule has 0 radical (unpaired) electrons. The molecule has 1 aliphatic carbocycles. The number of hydrogen-bond donors (Lipinski definition) is 2. The Morgan fingerprint density at radius 3 is 2.23 bits per heavy atom. The van der Waals surface area contributed by atoms with Gasteiger partial charge in [0.1, 0.15) is 6.04 Å². The summed E-state index contributed by atoms with van der Waals surface area (Å²) >= 11 is 0. The summed E-state index contributed by atoms with van der Waals surface area (Å²) in [4.78, 5) is 10.9. The standard InChI is InChI=1S/C10H19NO2/c1-11-9(10(12)13)8-6-4-2-3-5-7-8/h8-9,11H,2-7H2,1H3,(H,12,13). The zero-order valence-electron chi connectivity index (χ0n) is 8.25. The lowest BCUT2D eigenvalue weighted by molar-refractivity contribution is -0.141. The lowest BCUT2D eigenvalue weighted by Crippen LogP contribution is -2.40. The Morgan fingerprint density at radius 2 is 1.85 bits per heavy atom. The van der Waals surface area contributed by atoms with E-state index in [9.17, 15) is 4.79 Å². The molecule has 13 heavy (non-hydrogen) atoms. The third kappa shape index (κ3) is 2.99. The maximum absolute atomic E-state index is 10.9. The topological polar surface area (TPSA) is 49.3 Å². The predicted octanol–water partition coefficient (Wildman–Crippen LogP) is 1.63. The lowest BCUT2D eigenvalue weighted by Gasteiger charge is -2.21. The van der Waals surface area contributed by atoms with Crippen LogP contribution in [0.4, 0.5) is 0 Å². The number of rotatable bonds is 3. The van der Waals surface area contributed by atoms with Crippen molar-refractivity contribution in [1.82, 2.24) is 5.32 Å². The maximum Gasteiger partial charge on any atom is 0.320 e. The van der Waals surface area contributed by atoms with Gasteiger partial charge >= 0.3 is 5.97 Å². The number of carbonyl (C=O) groups is 1. The van der Waals surface area contributed by atoms with E-state index in [1.807, 2.05) is 0 Å². The second-order valence-corrected chi connectivity index (χ2v) is 3.86. The zero-order valence-corrected chi connectivity index (χ0v) is 8.25. The molecule has 0 aromatic carbocycles. The lowest BCUT2D eigenvalue weighted by atomic mass is 9.92. The monoisotopic (exact) mass is 185 g/mol. The number of carboxylic acids is 1. The van der Waals surface area contributed by atoms with Gasteiger partial charge in [0.15, 0.2) is 0 Å². The van der Waals surface area contributed by atoms with Crippen LogP contribution in [0.15, 0.2) is 0 Å². The Kier molecular flexibility index (Phi) is 4.22. The Bertz CT molecular complexity index is 162. The molecule has 0 aromatic heterocycles. The van der Waals surface area contributed by atoms with Gasteiger partial charge in [0.25, 0.3) is 0 Å². The first-order valence-electron chi connectivity index (χ1n) is 5.15. The molecule has 1 unspecified atom stereocenters. The third-order valence-corrected chi connectivity index (χ3v) is 2.95. The van der Waals surface area contributed by atoms with Crippen LogP contribution in [0, 0.1) is 5.92 Å². The highest BCUT2D eigenvalue weighted by atomic mass is 16.4. The SMILES string of the molecule is CNC(C(=O)O)C1CCCCCC1. The Hall–Kier alpha value is -0.570. The van der Waals surface area contributed by atoms with Crippen LogP contribution in [0.5, 0.6) is 0 Å². The van der Waals surface area contributed by atoms with Crippen molar-refractivity contribution in [2.75, 3.05) is 7.05 Å². The molecule has 0 aromatic rings. The molecule has 1 aliphatic rings. The van der Waals surface area contributed by atoms with Crippen molar-refractivity contribution in [2.45, 2.75) is 44.6 Å². The fraction of sp³-hybridized carbons (Fsp3) is 0.900. The molecule has 0 aliphatic heterocycles. The summed E-state index contributed by atoms with van der Waals surface area (Å²) in [6.07, 6.45) is 7.06. The van der Waals surface area contributed by atoms with Crippen LogP contribution in [-0.4, -0.2) is 24.2 Å². The van der Waals surface area contributed by atoms with Gasteiger partial charge in [0.2, 0.25) is 0 Å². The fourth-order valence-corrected chi connectivity index (χ4v) is 2.21. The summed E-state index contributed by atoms with van der Waals surface area (Å²) < 4.78 is 0. The van der Waals surface area contributed by atoms with Gasteiger partial charge in [-0.1, -0.05) is 25.7 Å². The molecule has 0 saturated heterocycles. The molecule has 1 rings (SSSR count). The molecular formula is C10H19NO2. The van der Waals surface area contributed by atoms with Crippen molar-refractivity contribution in [3.63, 3.8) is 0 Å². The number of carboxylic acid groups (broad SMARTS) is 1. The van der Waals surface area contributed by atoms with Crippen LogP contribution in [0.2, 0.25) is 0 Å². The third-order valence-electron chi connectivity index (χ3n) is 2.95. The van der Waals surface area contributed by atoms with Crippen LogP contribution >= 0.6 is 0 Å². The quantitative estimate of drug-likeness (QED) is 0.657. The number of aliphatic carboxylic acids is 1. The van der Waals surface area contributed by atoms with Crippen molar-refractivity contribution >= 4 is 5.97 Å². The van der Waals surface area contributed by atoms with Gasteiger partial charge in [0, 0.05) is 0 Å². The molecule has 0 heterocycles. The van der Waals surface area contributed by atoms with E-state index in [-0.39, 0.29) is 6.04 Å². The van der Waals surface area contributed by atoms with E-state index in [0.717, 1.165) is 12.8 Å². The fourth-order valence-electron chi connectivity index (χ4n) is 2.21. The van der Waals surface area contributed by atoms with Crippen molar-refractivity contribution < 1.29 is 9.90 Å². The summed E-state index contributed by atoms with van der Waals surface area (Å²) in [5.41, 5.74) is 0.